The second-order valence-corrected chi connectivity index (χ2v) is 7.34. The van der Waals surface area contributed by atoms with E-state index in [4.69, 9.17) is 9.79 Å². The summed E-state index contributed by atoms with van der Waals surface area (Å²) < 4.78 is 21.5. The van der Waals surface area contributed by atoms with Crippen molar-refractivity contribution in [2.24, 2.45) is 0 Å². The maximum Gasteiger partial charge on any atom is 1.00 e. The van der Waals surface area contributed by atoms with Gasteiger partial charge in [-0.2, -0.15) is 0 Å². The molecule has 0 aromatic heterocycles. The predicted molar refractivity (Wildman–Crippen MR) is 67.8 cm³/mol. The van der Waals surface area contributed by atoms with E-state index >= 15 is 0 Å². The average Bonchev–Trinajstić information content (AvgIpc) is 2.18. The smallest absolute Gasteiger partial charge is 0.778 e. The first kappa shape index (κ1) is 29.0. The minimum Gasteiger partial charge on any atom is -0.778 e. The molecule has 0 aromatic rings. The molecular weight excluding hydrogens is 374 g/mol. The first-order chi connectivity index (χ1) is 9.39. The summed E-state index contributed by atoms with van der Waals surface area (Å²) in [5.41, 5.74) is 0. The second-order valence-electron chi connectivity index (χ2n) is 4.22. The fraction of sp³-hybridized carbons (Fsp3) is 0.750. The van der Waals surface area contributed by atoms with Crippen LogP contribution in [0.1, 0.15) is 6.92 Å². The molecule has 0 aliphatic carbocycles. The molecule has 0 rings (SSSR count). The Morgan fingerprint density at radius 3 is 1.74 bits per heavy atom. The molecule has 0 aromatic carbocycles. The van der Waals surface area contributed by atoms with Crippen LogP contribution in [0.5, 0.6) is 0 Å². The van der Waals surface area contributed by atoms with Gasteiger partial charge >= 0.3 is 59.1 Å². The molecule has 0 spiro atoms. The number of nitrogens with zero attached hydrogens (tertiary/aromatic N) is 1. The van der Waals surface area contributed by atoms with Crippen LogP contribution in [0.3, 0.4) is 0 Å². The Labute approximate surface area is 177 Å². The van der Waals surface area contributed by atoms with E-state index in [1.807, 2.05) is 0 Å². The van der Waals surface area contributed by atoms with Crippen molar-refractivity contribution in [1.29, 1.82) is 0 Å². The van der Waals surface area contributed by atoms with Crippen molar-refractivity contribution in [3.05, 3.63) is 0 Å². The zero-order chi connectivity index (χ0) is 16.7. The van der Waals surface area contributed by atoms with Crippen LogP contribution in [0, 0.1) is 0 Å². The Hall–Kier alpha value is 1.20. The van der Waals surface area contributed by atoms with E-state index in [1.165, 1.54) is 6.92 Å². The molecule has 124 valence electrons. The number of hydrogen-bond donors (Lipinski definition) is 4. The second kappa shape index (κ2) is 13.4. The van der Waals surface area contributed by atoms with Crippen LogP contribution in [0.2, 0.25) is 0 Å². The zero-order valence-corrected chi connectivity index (χ0v) is 19.0. The van der Waals surface area contributed by atoms with Gasteiger partial charge in [0.15, 0.2) is 0 Å². The fourth-order valence-electron chi connectivity index (χ4n) is 1.35. The van der Waals surface area contributed by atoms with Crippen molar-refractivity contribution in [2.75, 3.05) is 32.2 Å². The third kappa shape index (κ3) is 21.2. The number of nitrogens with one attached hydrogen (secondary N) is 2. The minimum absolute atomic E-state index is 0. The van der Waals surface area contributed by atoms with Crippen LogP contribution < -0.4 is 79.5 Å². The van der Waals surface area contributed by atoms with Crippen LogP contribution >= 0.6 is 15.2 Å². The molecule has 0 bridgehead atoms. The summed E-state index contributed by atoms with van der Waals surface area (Å²) in [6.45, 7) is 0.805. The Morgan fingerprint density at radius 1 is 1.00 bits per heavy atom. The first-order valence-electron chi connectivity index (χ1n) is 5.68. The summed E-state index contributed by atoms with van der Waals surface area (Å²) in [6.07, 6.45) is -2.20. The molecule has 4 N–H and O–H groups in total. The molecule has 11 nitrogen and oxygen atoms in total. The molecular formula is C8H17N3Na2O8P2. The van der Waals surface area contributed by atoms with Crippen molar-refractivity contribution in [1.82, 2.24) is 15.5 Å². The molecule has 0 aliphatic rings. The van der Waals surface area contributed by atoms with E-state index in [-0.39, 0.29) is 78.1 Å². The molecule has 2 unspecified atom stereocenters. The van der Waals surface area contributed by atoms with Crippen molar-refractivity contribution in [3.63, 3.8) is 0 Å². The van der Waals surface area contributed by atoms with E-state index in [0.29, 0.717) is 4.90 Å². The van der Waals surface area contributed by atoms with Gasteiger partial charge in [0.2, 0.25) is 11.8 Å². The maximum absolute atomic E-state index is 11.5. The van der Waals surface area contributed by atoms with Gasteiger partial charge in [-0.05, 0) is 0 Å². The summed E-state index contributed by atoms with van der Waals surface area (Å²) in [5, 5.41) is 4.69. The Balaban J connectivity index is -0.00000200. The standard InChI is InChI=1S/C8H19N3O8P2.2Na/c1-7(12)9-2-3-10-8(13)4-11(5-20(14,15)16)6-21(17,18)19;;/h2-6H2,1H3,(H,9,12)(H,10,13)(H2,14,15,16)(H2,17,18,19);;/q;2*+1/p-2. The summed E-state index contributed by atoms with van der Waals surface area (Å²) in [6, 6.07) is 0. The Kier molecular flexibility index (Phi) is 16.9. The predicted octanol–water partition coefficient (Wildman–Crippen LogP) is -9.44. The van der Waals surface area contributed by atoms with E-state index in [1.54, 1.807) is 0 Å². The monoisotopic (exact) mass is 391 g/mol. The normalized spacial score (nSPS) is 15.4. The maximum atomic E-state index is 11.5. The molecule has 0 saturated carbocycles. The Bertz CT molecular complexity index is 444. The van der Waals surface area contributed by atoms with Crippen LogP contribution in [-0.2, 0) is 18.7 Å². The SMILES string of the molecule is CC(=O)NCCNC(=O)CN(CP(=O)([O-])O)CP(=O)([O-])O.[Na+].[Na+]. The quantitative estimate of drug-likeness (QED) is 0.168. The molecule has 0 heterocycles. The minimum atomic E-state index is -4.84. The van der Waals surface area contributed by atoms with Crippen LogP contribution in [0.25, 0.3) is 0 Å². The average molecular weight is 391 g/mol. The molecule has 15 heteroatoms. The van der Waals surface area contributed by atoms with Gasteiger partial charge in [0.1, 0.15) is 15.2 Å². The third-order valence-electron chi connectivity index (χ3n) is 1.95. The summed E-state index contributed by atoms with van der Waals surface area (Å²) in [5.74, 6) is -1.03. The van der Waals surface area contributed by atoms with Gasteiger partial charge in [0, 0.05) is 20.0 Å². The van der Waals surface area contributed by atoms with Crippen LogP contribution in [0.15, 0.2) is 0 Å². The van der Waals surface area contributed by atoms with Gasteiger partial charge in [0.25, 0.3) is 0 Å². The third-order valence-corrected chi connectivity index (χ3v) is 3.46. The van der Waals surface area contributed by atoms with Crippen molar-refractivity contribution >= 4 is 27.0 Å². The molecule has 0 radical (unpaired) electrons. The van der Waals surface area contributed by atoms with Gasteiger partial charge in [0.05, 0.1) is 19.1 Å². The van der Waals surface area contributed by atoms with Crippen LogP contribution in [0.4, 0.5) is 0 Å². The topological polar surface area (TPSA) is 182 Å². The Morgan fingerprint density at radius 2 is 1.39 bits per heavy atom. The first-order valence-corrected chi connectivity index (χ1v) is 9.21. The van der Waals surface area contributed by atoms with Crippen LogP contribution in [-0.4, -0.2) is 58.7 Å². The number of carbonyl (C=O) groups excluding carboxylic acids is 2. The molecule has 0 saturated heterocycles. The number of rotatable bonds is 9. The largest absolute Gasteiger partial charge is 1.00 e. The van der Waals surface area contributed by atoms with Crippen molar-refractivity contribution in [2.45, 2.75) is 6.92 Å². The van der Waals surface area contributed by atoms with Gasteiger partial charge in [-0.3, -0.25) is 14.5 Å². The van der Waals surface area contributed by atoms with Gasteiger partial charge in [-0.15, -0.1) is 0 Å². The van der Waals surface area contributed by atoms with E-state index in [2.05, 4.69) is 10.6 Å². The fourth-order valence-corrected chi connectivity index (χ4v) is 2.92. The van der Waals surface area contributed by atoms with Crippen molar-refractivity contribution < 1.29 is 97.4 Å². The van der Waals surface area contributed by atoms with Crippen molar-refractivity contribution in [3.8, 4) is 0 Å². The molecule has 0 fully saturated rings. The molecule has 2 atom stereocenters. The van der Waals surface area contributed by atoms with E-state index < -0.39 is 40.2 Å². The van der Waals surface area contributed by atoms with Gasteiger partial charge < -0.3 is 39.3 Å². The number of hydrogen-bond acceptors (Lipinski definition) is 7. The zero-order valence-electron chi connectivity index (χ0n) is 13.2. The summed E-state index contributed by atoms with van der Waals surface area (Å²) in [7, 11) is -9.68. The number of carbonyl (C=O) groups is 2. The summed E-state index contributed by atoms with van der Waals surface area (Å²) >= 11 is 0. The summed E-state index contributed by atoms with van der Waals surface area (Å²) in [4.78, 5) is 61.4. The molecule has 23 heavy (non-hydrogen) atoms. The number of amides is 2. The molecule has 2 amide bonds. The van der Waals surface area contributed by atoms with E-state index in [0.717, 1.165) is 0 Å². The van der Waals surface area contributed by atoms with E-state index in [9.17, 15) is 28.5 Å². The van der Waals surface area contributed by atoms with Gasteiger partial charge in [-0.1, -0.05) is 0 Å². The molecule has 0 aliphatic heterocycles. The van der Waals surface area contributed by atoms with Gasteiger partial charge in [-0.25, -0.2) is 0 Å².